The van der Waals surface area contributed by atoms with E-state index in [9.17, 15) is 4.39 Å². The summed E-state index contributed by atoms with van der Waals surface area (Å²) in [5, 5.41) is 2.96. The highest BCUT2D eigenvalue weighted by molar-refractivity contribution is 5.77. The normalized spacial score (nSPS) is 10.9. The van der Waals surface area contributed by atoms with Crippen LogP contribution in [0.5, 0.6) is 0 Å². The summed E-state index contributed by atoms with van der Waals surface area (Å²) in [6.07, 6.45) is 0. The minimum atomic E-state index is -0.265. The Bertz CT molecular complexity index is 728. The Hall–Kier alpha value is -2.43. The van der Waals surface area contributed by atoms with Crippen LogP contribution < -0.4 is 5.32 Å². The third-order valence-electron chi connectivity index (χ3n) is 2.92. The molecule has 0 aliphatic carbocycles. The van der Waals surface area contributed by atoms with E-state index in [0.717, 1.165) is 22.5 Å². The first kappa shape index (κ1) is 11.6. The van der Waals surface area contributed by atoms with Crippen molar-refractivity contribution in [2.75, 3.05) is 12.4 Å². The zero-order chi connectivity index (χ0) is 13.4. The van der Waals surface area contributed by atoms with Crippen molar-refractivity contribution >= 4 is 17.0 Å². The van der Waals surface area contributed by atoms with E-state index in [1.54, 1.807) is 7.05 Å². The fourth-order valence-electron chi connectivity index (χ4n) is 2.04. The predicted octanol–water partition coefficient (Wildman–Crippen LogP) is 3.11. The quantitative estimate of drug-likeness (QED) is 0.740. The molecule has 3 rings (SSSR count). The van der Waals surface area contributed by atoms with Gasteiger partial charge in [0.1, 0.15) is 17.5 Å². The van der Waals surface area contributed by atoms with Gasteiger partial charge in [0.25, 0.3) is 0 Å². The summed E-state index contributed by atoms with van der Waals surface area (Å²) in [7, 11) is 1.80. The molecule has 2 aromatic heterocycles. The number of fused-ring (bicyclic) bond motifs is 1. The zero-order valence-corrected chi connectivity index (χ0v) is 10.7. The van der Waals surface area contributed by atoms with Crippen LogP contribution >= 0.6 is 0 Å². The standard InChI is InChI=1S/C14H13FN4/c1-8-5-9(7-10(15)6-8)13-17-11-3-4-12(16-2)18-14(11)19-13/h3-7H,1-2H3,(H2,16,17,18,19). The largest absolute Gasteiger partial charge is 0.373 e. The molecule has 0 radical (unpaired) electrons. The average Bonchev–Trinajstić information content (AvgIpc) is 2.80. The number of rotatable bonds is 2. The second-order valence-electron chi connectivity index (χ2n) is 4.42. The number of H-pyrrole nitrogens is 1. The number of hydrogen-bond donors (Lipinski definition) is 2. The van der Waals surface area contributed by atoms with Gasteiger partial charge in [0.2, 0.25) is 0 Å². The minimum absolute atomic E-state index is 0.265. The third-order valence-corrected chi connectivity index (χ3v) is 2.92. The Morgan fingerprint density at radius 3 is 2.74 bits per heavy atom. The van der Waals surface area contributed by atoms with Crippen LogP contribution in [0.3, 0.4) is 0 Å². The molecule has 96 valence electrons. The Kier molecular flexibility index (Phi) is 2.67. The van der Waals surface area contributed by atoms with Crippen LogP contribution in [0.2, 0.25) is 0 Å². The summed E-state index contributed by atoms with van der Waals surface area (Å²) in [6.45, 7) is 1.85. The number of hydrogen-bond acceptors (Lipinski definition) is 3. The number of aromatic amines is 1. The fraction of sp³-hybridized carbons (Fsp3) is 0.143. The molecule has 0 saturated heterocycles. The molecule has 19 heavy (non-hydrogen) atoms. The molecule has 0 bridgehead atoms. The van der Waals surface area contributed by atoms with Crippen molar-refractivity contribution in [3.8, 4) is 11.4 Å². The molecule has 0 aliphatic heterocycles. The Labute approximate surface area is 109 Å². The number of pyridine rings is 1. The highest BCUT2D eigenvalue weighted by Crippen LogP contribution is 2.22. The Morgan fingerprint density at radius 1 is 1.16 bits per heavy atom. The fourth-order valence-corrected chi connectivity index (χ4v) is 2.04. The van der Waals surface area contributed by atoms with E-state index in [1.165, 1.54) is 12.1 Å². The molecule has 2 heterocycles. The predicted molar refractivity (Wildman–Crippen MR) is 73.6 cm³/mol. The number of nitrogens with one attached hydrogen (secondary N) is 2. The maximum atomic E-state index is 13.4. The molecular weight excluding hydrogens is 243 g/mol. The van der Waals surface area contributed by atoms with Gasteiger partial charge < -0.3 is 10.3 Å². The van der Waals surface area contributed by atoms with Gasteiger partial charge in [-0.3, -0.25) is 0 Å². The van der Waals surface area contributed by atoms with Crippen LogP contribution in [0.15, 0.2) is 30.3 Å². The number of nitrogens with zero attached hydrogens (tertiary/aromatic N) is 2. The smallest absolute Gasteiger partial charge is 0.180 e. The van der Waals surface area contributed by atoms with E-state index in [1.807, 2.05) is 25.1 Å². The SMILES string of the molecule is CNc1ccc2[nH]c(-c3cc(C)cc(F)c3)nc2n1. The van der Waals surface area contributed by atoms with Crippen LogP contribution in [0, 0.1) is 12.7 Å². The summed E-state index contributed by atoms with van der Waals surface area (Å²) in [6, 6.07) is 8.60. The lowest BCUT2D eigenvalue weighted by Crippen LogP contribution is -1.91. The van der Waals surface area contributed by atoms with Crippen molar-refractivity contribution in [1.82, 2.24) is 15.0 Å². The van der Waals surface area contributed by atoms with Gasteiger partial charge in [-0.15, -0.1) is 0 Å². The summed E-state index contributed by atoms with van der Waals surface area (Å²) in [4.78, 5) is 11.9. The summed E-state index contributed by atoms with van der Waals surface area (Å²) < 4.78 is 13.4. The van der Waals surface area contributed by atoms with Gasteiger partial charge in [0.15, 0.2) is 5.65 Å². The van der Waals surface area contributed by atoms with E-state index < -0.39 is 0 Å². The molecule has 1 aromatic carbocycles. The lowest BCUT2D eigenvalue weighted by atomic mass is 10.1. The zero-order valence-electron chi connectivity index (χ0n) is 10.7. The lowest BCUT2D eigenvalue weighted by molar-refractivity contribution is 0.627. The number of imidazole rings is 1. The van der Waals surface area contributed by atoms with Crippen molar-refractivity contribution in [3.05, 3.63) is 41.7 Å². The molecular formula is C14H13FN4. The molecule has 5 heteroatoms. The van der Waals surface area contributed by atoms with Gasteiger partial charge in [-0.05, 0) is 42.8 Å². The van der Waals surface area contributed by atoms with E-state index in [2.05, 4.69) is 20.3 Å². The number of halogens is 1. The number of aryl methyl sites for hydroxylation is 1. The molecule has 0 aliphatic rings. The molecule has 0 unspecified atom stereocenters. The van der Waals surface area contributed by atoms with Crippen LogP contribution in [-0.2, 0) is 0 Å². The van der Waals surface area contributed by atoms with E-state index in [0.29, 0.717) is 11.5 Å². The van der Waals surface area contributed by atoms with Crippen LogP contribution in [-0.4, -0.2) is 22.0 Å². The number of anilines is 1. The second-order valence-corrected chi connectivity index (χ2v) is 4.42. The summed E-state index contributed by atoms with van der Waals surface area (Å²) in [5.74, 6) is 1.11. The number of benzene rings is 1. The molecule has 2 N–H and O–H groups in total. The lowest BCUT2D eigenvalue weighted by Gasteiger charge is -1.99. The minimum Gasteiger partial charge on any atom is -0.373 e. The second kappa shape index (κ2) is 4.35. The van der Waals surface area contributed by atoms with Gasteiger partial charge in [0, 0.05) is 12.6 Å². The van der Waals surface area contributed by atoms with Crippen molar-refractivity contribution in [2.24, 2.45) is 0 Å². The van der Waals surface area contributed by atoms with E-state index in [-0.39, 0.29) is 5.82 Å². The summed E-state index contributed by atoms with van der Waals surface area (Å²) in [5.41, 5.74) is 3.03. The van der Waals surface area contributed by atoms with Crippen LogP contribution in [0.4, 0.5) is 10.2 Å². The first-order valence-electron chi connectivity index (χ1n) is 5.98. The average molecular weight is 256 g/mol. The Morgan fingerprint density at radius 2 is 2.00 bits per heavy atom. The van der Waals surface area contributed by atoms with Crippen molar-refractivity contribution in [1.29, 1.82) is 0 Å². The van der Waals surface area contributed by atoms with Crippen molar-refractivity contribution < 1.29 is 4.39 Å². The van der Waals surface area contributed by atoms with Gasteiger partial charge in [-0.2, -0.15) is 0 Å². The highest BCUT2D eigenvalue weighted by Gasteiger charge is 2.08. The maximum Gasteiger partial charge on any atom is 0.180 e. The molecule has 3 aromatic rings. The van der Waals surface area contributed by atoms with Crippen LogP contribution in [0.1, 0.15) is 5.56 Å². The van der Waals surface area contributed by atoms with Gasteiger partial charge >= 0.3 is 0 Å². The molecule has 0 saturated carbocycles. The monoisotopic (exact) mass is 256 g/mol. The maximum absolute atomic E-state index is 13.4. The topological polar surface area (TPSA) is 53.6 Å². The first-order chi connectivity index (χ1) is 9.15. The molecule has 0 fully saturated rings. The van der Waals surface area contributed by atoms with Crippen molar-refractivity contribution in [3.63, 3.8) is 0 Å². The van der Waals surface area contributed by atoms with Gasteiger partial charge in [-0.25, -0.2) is 14.4 Å². The van der Waals surface area contributed by atoms with E-state index >= 15 is 0 Å². The van der Waals surface area contributed by atoms with Gasteiger partial charge in [0.05, 0.1) is 5.52 Å². The van der Waals surface area contributed by atoms with E-state index in [4.69, 9.17) is 0 Å². The first-order valence-corrected chi connectivity index (χ1v) is 5.98. The third kappa shape index (κ3) is 2.14. The summed E-state index contributed by atoms with van der Waals surface area (Å²) >= 11 is 0. The molecule has 4 nitrogen and oxygen atoms in total. The number of aromatic nitrogens is 3. The van der Waals surface area contributed by atoms with Gasteiger partial charge in [-0.1, -0.05) is 0 Å². The van der Waals surface area contributed by atoms with Crippen LogP contribution in [0.25, 0.3) is 22.6 Å². The van der Waals surface area contributed by atoms with Crippen molar-refractivity contribution in [2.45, 2.75) is 6.92 Å². The highest BCUT2D eigenvalue weighted by atomic mass is 19.1. The molecule has 0 amide bonds. The molecule has 0 spiro atoms. The molecule has 0 atom stereocenters. The Balaban J connectivity index is 2.14.